The van der Waals surface area contributed by atoms with Crippen LogP contribution in [0.3, 0.4) is 0 Å². The van der Waals surface area contributed by atoms with Crippen molar-refractivity contribution in [1.82, 2.24) is 0 Å². The van der Waals surface area contributed by atoms with Crippen LogP contribution in [0.1, 0.15) is 37.0 Å². The Labute approximate surface area is 120 Å². The molecule has 20 heavy (non-hydrogen) atoms. The molecule has 1 unspecified atom stereocenters. The Morgan fingerprint density at radius 3 is 2.75 bits per heavy atom. The van der Waals surface area contributed by atoms with E-state index in [2.05, 4.69) is 18.4 Å². The molecule has 2 atom stereocenters. The second-order valence-corrected chi connectivity index (χ2v) is 4.63. The molecule has 0 aliphatic heterocycles. The summed E-state index contributed by atoms with van der Waals surface area (Å²) in [5.74, 6) is 6.43. The van der Waals surface area contributed by atoms with Gasteiger partial charge in [0.05, 0.1) is 13.2 Å². The lowest BCUT2D eigenvalue weighted by molar-refractivity contribution is 0.186. The normalized spacial score (nSPS) is 13.0. The first-order chi connectivity index (χ1) is 9.60. The second-order valence-electron chi connectivity index (χ2n) is 4.63. The van der Waals surface area contributed by atoms with Crippen molar-refractivity contribution in [2.45, 2.75) is 38.4 Å². The number of hydrogen-bond donors (Lipinski definition) is 2. The molecule has 0 heterocycles. The molecule has 0 fully saturated rings. The zero-order chi connectivity index (χ0) is 15.0. The summed E-state index contributed by atoms with van der Waals surface area (Å²) in [6.07, 6.45) is 2.34. The summed E-state index contributed by atoms with van der Waals surface area (Å²) in [5.41, 5.74) is 1.65. The summed E-state index contributed by atoms with van der Waals surface area (Å²) in [4.78, 5) is 0. The SMILES string of the molecule is C=CCc1c(OC)cccc1C(O)C#CCC[C@H](C)O. The van der Waals surface area contributed by atoms with Crippen molar-refractivity contribution >= 4 is 0 Å². The Morgan fingerprint density at radius 1 is 1.40 bits per heavy atom. The number of aliphatic hydroxyl groups excluding tert-OH is 2. The van der Waals surface area contributed by atoms with Gasteiger partial charge in [-0.3, -0.25) is 0 Å². The number of aliphatic hydroxyl groups is 2. The summed E-state index contributed by atoms with van der Waals surface area (Å²) >= 11 is 0. The van der Waals surface area contributed by atoms with E-state index in [0.717, 1.165) is 16.9 Å². The van der Waals surface area contributed by atoms with Gasteiger partial charge >= 0.3 is 0 Å². The molecule has 0 saturated carbocycles. The number of allylic oxidation sites excluding steroid dienone is 1. The lowest BCUT2D eigenvalue weighted by atomic mass is 9.98. The van der Waals surface area contributed by atoms with Crippen molar-refractivity contribution in [2.24, 2.45) is 0 Å². The maximum Gasteiger partial charge on any atom is 0.140 e. The van der Waals surface area contributed by atoms with Gasteiger partial charge in [-0.1, -0.05) is 24.1 Å². The van der Waals surface area contributed by atoms with Crippen molar-refractivity contribution < 1.29 is 14.9 Å². The minimum Gasteiger partial charge on any atom is -0.496 e. The fourth-order valence-corrected chi connectivity index (χ4v) is 1.92. The minimum atomic E-state index is -0.853. The van der Waals surface area contributed by atoms with Gasteiger partial charge in [-0.15, -0.1) is 12.5 Å². The molecular formula is C17H22O3. The van der Waals surface area contributed by atoms with E-state index in [4.69, 9.17) is 9.84 Å². The highest BCUT2D eigenvalue weighted by Gasteiger charge is 2.13. The fourth-order valence-electron chi connectivity index (χ4n) is 1.92. The largest absolute Gasteiger partial charge is 0.496 e. The van der Waals surface area contributed by atoms with E-state index in [1.54, 1.807) is 20.1 Å². The summed E-state index contributed by atoms with van der Waals surface area (Å²) in [6.45, 7) is 5.45. The van der Waals surface area contributed by atoms with Crippen LogP contribution in [0.25, 0.3) is 0 Å². The Kier molecular flexibility index (Phi) is 6.86. The molecule has 2 N–H and O–H groups in total. The molecular weight excluding hydrogens is 252 g/mol. The molecule has 0 aliphatic carbocycles. The quantitative estimate of drug-likeness (QED) is 0.619. The maximum absolute atomic E-state index is 10.2. The molecule has 0 radical (unpaired) electrons. The highest BCUT2D eigenvalue weighted by molar-refractivity contribution is 5.44. The lowest BCUT2D eigenvalue weighted by Gasteiger charge is -2.14. The molecule has 108 valence electrons. The van der Waals surface area contributed by atoms with E-state index in [0.29, 0.717) is 19.3 Å². The molecule has 0 spiro atoms. The highest BCUT2D eigenvalue weighted by atomic mass is 16.5. The van der Waals surface area contributed by atoms with E-state index >= 15 is 0 Å². The predicted octanol–water partition coefficient (Wildman–Crippen LogP) is 2.62. The van der Waals surface area contributed by atoms with Crippen molar-refractivity contribution in [2.75, 3.05) is 7.11 Å². The summed E-state index contributed by atoms with van der Waals surface area (Å²) in [5, 5.41) is 19.3. The van der Waals surface area contributed by atoms with Crippen molar-refractivity contribution in [3.63, 3.8) is 0 Å². The summed E-state index contributed by atoms with van der Waals surface area (Å²) in [6, 6.07) is 5.53. The number of benzene rings is 1. The van der Waals surface area contributed by atoms with Gasteiger partial charge in [-0.05, 0) is 31.4 Å². The van der Waals surface area contributed by atoms with Crippen molar-refractivity contribution in [3.05, 3.63) is 42.0 Å². The van der Waals surface area contributed by atoms with Crippen LogP contribution < -0.4 is 4.74 Å². The van der Waals surface area contributed by atoms with Gasteiger partial charge in [0.1, 0.15) is 11.9 Å². The molecule has 0 amide bonds. The van der Waals surface area contributed by atoms with Gasteiger partial charge in [-0.25, -0.2) is 0 Å². The zero-order valence-corrected chi connectivity index (χ0v) is 12.1. The molecule has 1 aromatic carbocycles. The molecule has 1 aromatic rings. The third kappa shape index (κ3) is 4.73. The first kappa shape index (κ1) is 16.3. The molecule has 0 aromatic heterocycles. The molecule has 0 aliphatic rings. The number of methoxy groups -OCH3 is 1. The highest BCUT2D eigenvalue weighted by Crippen LogP contribution is 2.27. The average Bonchev–Trinajstić information content (AvgIpc) is 2.43. The Morgan fingerprint density at radius 2 is 2.15 bits per heavy atom. The van der Waals surface area contributed by atoms with Gasteiger partial charge in [0, 0.05) is 12.0 Å². The Hall–Kier alpha value is -1.76. The van der Waals surface area contributed by atoms with Gasteiger partial charge in [0.25, 0.3) is 0 Å². The third-order valence-corrected chi connectivity index (χ3v) is 2.96. The minimum absolute atomic E-state index is 0.366. The van der Waals surface area contributed by atoms with Crippen LogP contribution in [-0.2, 0) is 6.42 Å². The summed E-state index contributed by atoms with van der Waals surface area (Å²) in [7, 11) is 1.60. The van der Waals surface area contributed by atoms with E-state index in [1.165, 1.54) is 0 Å². The maximum atomic E-state index is 10.2. The number of rotatable bonds is 6. The lowest BCUT2D eigenvalue weighted by Crippen LogP contribution is -2.02. The van der Waals surface area contributed by atoms with Crippen molar-refractivity contribution in [1.29, 1.82) is 0 Å². The first-order valence-electron chi connectivity index (χ1n) is 6.71. The van der Waals surface area contributed by atoms with Crippen LogP contribution in [0, 0.1) is 11.8 Å². The van der Waals surface area contributed by atoms with Crippen LogP contribution in [-0.4, -0.2) is 23.4 Å². The second kappa shape index (κ2) is 8.42. The standard InChI is InChI=1S/C17H22O3/c1-4-8-15-14(10-7-12-17(15)20-3)16(19)11-6-5-9-13(2)18/h4,7,10,12-13,16,18-19H,1,5,8-9H2,2-3H3/t13-,16?/m0/s1. The van der Waals surface area contributed by atoms with Gasteiger partial charge in [0.15, 0.2) is 0 Å². The fraction of sp³-hybridized carbons (Fsp3) is 0.412. The van der Waals surface area contributed by atoms with Crippen LogP contribution in [0.15, 0.2) is 30.9 Å². The number of hydrogen-bond acceptors (Lipinski definition) is 3. The molecule has 0 bridgehead atoms. The summed E-state index contributed by atoms with van der Waals surface area (Å²) < 4.78 is 5.31. The van der Waals surface area contributed by atoms with Gasteiger partial charge in [-0.2, -0.15) is 0 Å². The van der Waals surface area contributed by atoms with Gasteiger partial charge in [0.2, 0.25) is 0 Å². The first-order valence-corrected chi connectivity index (χ1v) is 6.71. The van der Waals surface area contributed by atoms with Crippen LogP contribution in [0.5, 0.6) is 5.75 Å². The van der Waals surface area contributed by atoms with E-state index < -0.39 is 6.10 Å². The molecule has 1 rings (SSSR count). The topological polar surface area (TPSA) is 49.7 Å². The van der Waals surface area contributed by atoms with E-state index in [-0.39, 0.29) is 6.10 Å². The van der Waals surface area contributed by atoms with Gasteiger partial charge < -0.3 is 14.9 Å². The van der Waals surface area contributed by atoms with Crippen molar-refractivity contribution in [3.8, 4) is 17.6 Å². The van der Waals surface area contributed by atoms with Crippen LogP contribution >= 0.6 is 0 Å². The third-order valence-electron chi connectivity index (χ3n) is 2.96. The van der Waals surface area contributed by atoms with E-state index in [1.807, 2.05) is 18.2 Å². The molecule has 0 saturated heterocycles. The Balaban J connectivity index is 2.91. The predicted molar refractivity (Wildman–Crippen MR) is 80.5 cm³/mol. The molecule has 3 heteroatoms. The molecule has 3 nitrogen and oxygen atoms in total. The number of ether oxygens (including phenoxy) is 1. The van der Waals surface area contributed by atoms with Crippen LogP contribution in [0.2, 0.25) is 0 Å². The van der Waals surface area contributed by atoms with E-state index in [9.17, 15) is 5.11 Å². The zero-order valence-electron chi connectivity index (χ0n) is 12.1. The van der Waals surface area contributed by atoms with Crippen LogP contribution in [0.4, 0.5) is 0 Å². The smallest absolute Gasteiger partial charge is 0.140 e. The Bertz CT molecular complexity index is 495. The average molecular weight is 274 g/mol. The monoisotopic (exact) mass is 274 g/mol.